The number of epoxide rings is 1. The molecule has 1 aromatic carbocycles. The molecule has 0 bridgehead atoms. The predicted octanol–water partition coefficient (Wildman–Crippen LogP) is 5.13. The quantitative estimate of drug-likeness (QED) is 0.0584. The van der Waals surface area contributed by atoms with E-state index >= 15 is 0 Å². The van der Waals surface area contributed by atoms with Crippen LogP contribution >= 0.6 is 24.0 Å². The van der Waals surface area contributed by atoms with Crippen LogP contribution < -0.4 is 10.6 Å². The van der Waals surface area contributed by atoms with Crippen molar-refractivity contribution in [2.75, 3.05) is 26.4 Å². The van der Waals surface area contributed by atoms with E-state index in [0.29, 0.717) is 30.0 Å². The first-order valence-corrected chi connectivity index (χ1v) is 22.5. The molecule has 1 aliphatic rings. The summed E-state index contributed by atoms with van der Waals surface area (Å²) in [5.74, 6) is -4.07. The summed E-state index contributed by atoms with van der Waals surface area (Å²) in [5, 5.41) is 16.2. The van der Waals surface area contributed by atoms with Gasteiger partial charge in [-0.25, -0.2) is 4.98 Å². The number of thiol groups is 1. The summed E-state index contributed by atoms with van der Waals surface area (Å²) in [6.45, 7) is 13.8. The van der Waals surface area contributed by atoms with E-state index in [2.05, 4.69) is 28.2 Å². The summed E-state index contributed by atoms with van der Waals surface area (Å²) in [4.78, 5) is 99.5. The van der Waals surface area contributed by atoms with Gasteiger partial charge in [0.15, 0.2) is 17.5 Å². The van der Waals surface area contributed by atoms with Crippen LogP contribution in [0.2, 0.25) is 0 Å². The molecule has 8 atom stereocenters. The van der Waals surface area contributed by atoms with Crippen molar-refractivity contribution in [2.24, 2.45) is 23.7 Å². The van der Waals surface area contributed by atoms with E-state index in [-0.39, 0.29) is 60.3 Å². The maximum atomic E-state index is 14.5. The number of likely N-dealkylation sites (N-methyl/N-ethyl adjacent to an activating group) is 1. The highest BCUT2D eigenvalue weighted by Crippen LogP contribution is 2.40. The lowest BCUT2D eigenvalue weighted by Gasteiger charge is -2.37. The molecular formula is C44H65N5O10S2. The van der Waals surface area contributed by atoms with Gasteiger partial charge in [0, 0.05) is 57.6 Å². The number of carbonyl (C=O) groups is 7. The van der Waals surface area contributed by atoms with Crippen LogP contribution in [0.1, 0.15) is 115 Å². The molecule has 0 spiro atoms. The van der Waals surface area contributed by atoms with Crippen molar-refractivity contribution in [1.29, 1.82) is 0 Å². The van der Waals surface area contributed by atoms with Gasteiger partial charge in [-0.05, 0) is 48.8 Å². The number of nitrogens with zero attached hydrogens (tertiary/aromatic N) is 3. The first-order chi connectivity index (χ1) is 28.7. The van der Waals surface area contributed by atoms with Gasteiger partial charge in [0.05, 0.1) is 12.1 Å². The minimum Gasteiger partial charge on any atom is -0.480 e. The number of aliphatic carboxylic acids is 1. The second-order valence-corrected chi connectivity index (χ2v) is 18.2. The Balaban J connectivity index is 1.86. The standard InChI is InChI=1S/C44H65N5O10S2/c1-11-27(6)30(21-34(51)38(26(4)5)49(10)36(52)18-15-19-60)42(56)48(9)33(25(2)3)22-35(58-28(7)50)41-47-32(24-61-41)40(55)46-31(20-29-16-13-12-14-17-29)39-44(8,59-39)43(57)45-23-37(53)54/h12-14,16-17,24-27,30-31,33,35,38-39,60H,11,15,18-23H2,1-10H3,(H,45,57)(H,46,55)(H,53,54)/t27-,30-,31-,33+,35+,38+,39?,44?/m0/s1. The van der Waals surface area contributed by atoms with Gasteiger partial charge in [-0.2, -0.15) is 12.6 Å². The number of benzene rings is 1. The van der Waals surface area contributed by atoms with Gasteiger partial charge >= 0.3 is 11.9 Å². The molecule has 2 heterocycles. The molecule has 2 unspecified atom stereocenters. The Morgan fingerprint density at radius 3 is 2.23 bits per heavy atom. The smallest absolute Gasteiger partial charge is 0.322 e. The van der Waals surface area contributed by atoms with Gasteiger partial charge in [0.1, 0.15) is 23.4 Å². The molecule has 1 fully saturated rings. The highest BCUT2D eigenvalue weighted by molar-refractivity contribution is 7.80. The molecule has 3 N–H and O–H groups in total. The molecular weight excluding hydrogens is 823 g/mol. The number of rotatable bonds is 25. The lowest BCUT2D eigenvalue weighted by atomic mass is 9.82. The zero-order chi connectivity index (χ0) is 45.8. The van der Waals surface area contributed by atoms with Crippen molar-refractivity contribution < 1.29 is 48.1 Å². The van der Waals surface area contributed by atoms with E-state index < -0.39 is 72.2 Å². The average Bonchev–Trinajstić information content (AvgIpc) is 3.66. The fourth-order valence-corrected chi connectivity index (χ4v) is 8.76. The Hall–Kier alpha value is -4.35. The van der Waals surface area contributed by atoms with E-state index in [9.17, 15) is 33.6 Å². The lowest BCUT2D eigenvalue weighted by Crippen LogP contribution is -2.49. The van der Waals surface area contributed by atoms with Crippen molar-refractivity contribution in [3.63, 3.8) is 0 Å². The molecule has 4 amide bonds. The lowest BCUT2D eigenvalue weighted by molar-refractivity contribution is -0.149. The number of hydrogen-bond donors (Lipinski definition) is 4. The van der Waals surface area contributed by atoms with Crippen LogP contribution in [0.4, 0.5) is 0 Å². The van der Waals surface area contributed by atoms with Crippen LogP contribution in [0.5, 0.6) is 0 Å². The van der Waals surface area contributed by atoms with E-state index in [4.69, 9.17) is 14.6 Å². The van der Waals surface area contributed by atoms with Gasteiger partial charge in [0.25, 0.3) is 11.8 Å². The Bertz CT molecular complexity index is 1840. The Morgan fingerprint density at radius 1 is 1.02 bits per heavy atom. The van der Waals surface area contributed by atoms with Gasteiger partial charge in [-0.15, -0.1) is 11.3 Å². The van der Waals surface area contributed by atoms with Crippen LogP contribution in [-0.4, -0.2) is 117 Å². The third kappa shape index (κ3) is 14.1. The summed E-state index contributed by atoms with van der Waals surface area (Å²) < 4.78 is 11.6. The summed E-state index contributed by atoms with van der Waals surface area (Å²) in [6, 6.07) is 7.43. The topological polar surface area (TPSA) is 205 Å². The Morgan fingerprint density at radius 2 is 1.67 bits per heavy atom. The van der Waals surface area contributed by atoms with Gasteiger partial charge < -0.3 is 35.0 Å². The summed E-state index contributed by atoms with van der Waals surface area (Å²) in [5.41, 5.74) is -0.461. The second-order valence-electron chi connectivity index (χ2n) is 16.8. The summed E-state index contributed by atoms with van der Waals surface area (Å²) >= 11 is 5.34. The second kappa shape index (κ2) is 23.2. The molecule has 0 aliphatic carbocycles. The van der Waals surface area contributed by atoms with Crippen LogP contribution in [0.15, 0.2) is 35.7 Å². The number of carboxylic acids is 1. The summed E-state index contributed by atoms with van der Waals surface area (Å²) in [7, 11) is 3.33. The number of thiazole rings is 1. The highest BCUT2D eigenvalue weighted by Gasteiger charge is 2.62. The van der Waals surface area contributed by atoms with Crippen molar-refractivity contribution in [1.82, 2.24) is 25.4 Å². The maximum Gasteiger partial charge on any atom is 0.322 e. The molecule has 2 aromatic rings. The van der Waals surface area contributed by atoms with Crippen molar-refractivity contribution in [3.8, 4) is 0 Å². The number of ketones is 1. The maximum absolute atomic E-state index is 14.5. The average molecular weight is 888 g/mol. The number of ether oxygens (including phenoxy) is 2. The van der Waals surface area contributed by atoms with E-state index in [1.807, 2.05) is 71.9 Å². The van der Waals surface area contributed by atoms with Gasteiger partial charge in [-0.1, -0.05) is 78.3 Å². The van der Waals surface area contributed by atoms with Gasteiger partial charge in [0.2, 0.25) is 11.8 Å². The van der Waals surface area contributed by atoms with E-state index in [0.717, 1.165) is 16.9 Å². The largest absolute Gasteiger partial charge is 0.480 e. The molecule has 61 heavy (non-hydrogen) atoms. The number of esters is 1. The molecule has 1 aliphatic heterocycles. The first-order valence-electron chi connectivity index (χ1n) is 21.0. The van der Waals surface area contributed by atoms with Crippen LogP contribution in [-0.2, 0) is 44.7 Å². The molecule has 0 saturated carbocycles. The molecule has 1 aromatic heterocycles. The monoisotopic (exact) mass is 887 g/mol. The Kier molecular flexibility index (Phi) is 19.4. The number of hydrogen-bond acceptors (Lipinski definition) is 12. The molecule has 0 radical (unpaired) electrons. The molecule has 15 nitrogen and oxygen atoms in total. The van der Waals surface area contributed by atoms with Crippen molar-refractivity contribution >= 4 is 65.3 Å². The third-order valence-corrected chi connectivity index (χ3v) is 12.7. The third-order valence-electron chi connectivity index (χ3n) is 11.5. The molecule has 17 heteroatoms. The highest BCUT2D eigenvalue weighted by atomic mass is 32.1. The predicted molar refractivity (Wildman–Crippen MR) is 235 cm³/mol. The number of carbonyl (C=O) groups excluding carboxylic acids is 6. The van der Waals surface area contributed by atoms with Crippen molar-refractivity contribution in [3.05, 3.63) is 52.0 Å². The molecule has 1 saturated heterocycles. The minimum absolute atomic E-state index is 0.0440. The van der Waals surface area contributed by atoms with Crippen molar-refractivity contribution in [2.45, 2.75) is 130 Å². The van der Waals surface area contributed by atoms with Crippen LogP contribution in [0, 0.1) is 23.7 Å². The fraction of sp³-hybridized carbons (Fsp3) is 0.636. The van der Waals surface area contributed by atoms with E-state index in [1.165, 1.54) is 18.7 Å². The minimum atomic E-state index is -1.37. The van der Waals surface area contributed by atoms with E-state index in [1.54, 1.807) is 24.4 Å². The normalized spacial score (nSPS) is 18.9. The molecule has 338 valence electrons. The van der Waals surface area contributed by atoms with Gasteiger partial charge in [-0.3, -0.25) is 33.6 Å². The number of nitrogens with one attached hydrogen (secondary N) is 2. The number of amides is 4. The summed E-state index contributed by atoms with van der Waals surface area (Å²) in [6.07, 6.45) is 0.229. The first kappa shape index (κ1) is 51.0. The molecule has 3 rings (SSSR count). The fourth-order valence-electron chi connectivity index (χ4n) is 7.77. The zero-order valence-electron chi connectivity index (χ0n) is 37.1. The number of aromatic nitrogens is 1. The van der Waals surface area contributed by atoms with Crippen LogP contribution in [0.3, 0.4) is 0 Å². The Labute approximate surface area is 369 Å². The number of Topliss-reactive ketones (excluding diaryl/α,β-unsaturated/α-hetero) is 1. The zero-order valence-corrected chi connectivity index (χ0v) is 38.8. The van der Waals surface area contributed by atoms with Crippen LogP contribution in [0.25, 0.3) is 0 Å². The SMILES string of the molecule is CC[C@H](C)[C@H](CC(=O)[C@@H](C(C)C)N(C)C(=O)CCCS)C(=O)N(C)[C@H](C[C@@H](OC(C)=O)c1nc(C(=O)N[C@@H](Cc2ccccc2)C2OC2(C)C(=O)NCC(=O)O)cs1)C(C)C. The number of carboxylic acid groups (broad SMARTS) is 1.